The van der Waals surface area contributed by atoms with Crippen molar-refractivity contribution in [2.24, 2.45) is 0 Å². The number of amides is 1. The van der Waals surface area contributed by atoms with E-state index in [4.69, 9.17) is 16.3 Å². The van der Waals surface area contributed by atoms with E-state index in [0.29, 0.717) is 11.6 Å². The summed E-state index contributed by atoms with van der Waals surface area (Å²) in [6, 6.07) is 14.0. The minimum Gasteiger partial charge on any atom is -0.491 e. The number of methoxy groups -OCH3 is 1. The number of benzene rings is 2. The summed E-state index contributed by atoms with van der Waals surface area (Å²) in [5, 5.41) is 3.36. The van der Waals surface area contributed by atoms with E-state index < -0.39 is 16.9 Å². The van der Waals surface area contributed by atoms with Crippen LogP contribution in [-0.2, 0) is 11.3 Å². The molecule has 7 heteroatoms. The summed E-state index contributed by atoms with van der Waals surface area (Å²) in [5.74, 6) is -0.579. The zero-order chi connectivity index (χ0) is 20.1. The molecule has 0 aliphatic rings. The lowest BCUT2D eigenvalue weighted by Gasteiger charge is -2.02. The first-order valence-corrected chi connectivity index (χ1v) is 8.81. The van der Waals surface area contributed by atoms with E-state index in [1.165, 1.54) is 31.4 Å². The van der Waals surface area contributed by atoms with Crippen LogP contribution in [0.15, 0.2) is 64.2 Å². The number of fused-ring (bicyclic) bond motifs is 1. The van der Waals surface area contributed by atoms with Crippen molar-refractivity contribution in [3.8, 4) is 5.75 Å². The fourth-order valence-electron chi connectivity index (χ4n) is 2.72. The molecule has 28 heavy (non-hydrogen) atoms. The van der Waals surface area contributed by atoms with E-state index >= 15 is 0 Å². The van der Waals surface area contributed by atoms with Gasteiger partial charge in [0.05, 0.1) is 18.2 Å². The van der Waals surface area contributed by atoms with Crippen molar-refractivity contribution in [2.45, 2.75) is 6.54 Å². The van der Waals surface area contributed by atoms with Crippen LogP contribution in [0.5, 0.6) is 5.75 Å². The largest absolute Gasteiger partial charge is 0.491 e. The minimum absolute atomic E-state index is 0.0177. The van der Waals surface area contributed by atoms with Crippen LogP contribution in [0.25, 0.3) is 17.0 Å². The standard InChI is InChI=1S/C21H17ClN2O4/c1-28-20-16(9-10-18(25)23-12-13-5-3-2-4-6-13)19(26)15-8-7-14(22)11-17(15)24-21(20)27/h2-11H,12H2,1H3,(H,23,25)(H,24,27). The first-order valence-electron chi connectivity index (χ1n) is 8.43. The molecule has 2 aromatic carbocycles. The summed E-state index contributed by atoms with van der Waals surface area (Å²) in [5.41, 5.74) is 0.164. The van der Waals surface area contributed by atoms with Crippen LogP contribution in [-0.4, -0.2) is 18.0 Å². The van der Waals surface area contributed by atoms with E-state index in [1.54, 1.807) is 6.07 Å². The summed E-state index contributed by atoms with van der Waals surface area (Å²) in [4.78, 5) is 40.0. The highest BCUT2D eigenvalue weighted by Crippen LogP contribution is 2.17. The number of ether oxygens (including phenoxy) is 1. The Morgan fingerprint density at radius 2 is 1.93 bits per heavy atom. The Balaban J connectivity index is 1.97. The number of nitrogens with one attached hydrogen (secondary N) is 2. The van der Waals surface area contributed by atoms with Gasteiger partial charge in [0, 0.05) is 23.0 Å². The number of halogens is 1. The third kappa shape index (κ3) is 4.29. The predicted molar refractivity (Wildman–Crippen MR) is 110 cm³/mol. The normalized spacial score (nSPS) is 10.9. The summed E-state index contributed by atoms with van der Waals surface area (Å²) in [6.45, 7) is 0.343. The molecule has 0 saturated heterocycles. The molecule has 2 N–H and O–H groups in total. The van der Waals surface area contributed by atoms with Crippen molar-refractivity contribution in [3.05, 3.63) is 91.3 Å². The van der Waals surface area contributed by atoms with Gasteiger partial charge in [0.1, 0.15) is 0 Å². The molecule has 142 valence electrons. The Kier molecular flexibility index (Phi) is 5.91. The van der Waals surface area contributed by atoms with Gasteiger partial charge < -0.3 is 15.0 Å². The van der Waals surface area contributed by atoms with Crippen LogP contribution < -0.4 is 21.0 Å². The first-order chi connectivity index (χ1) is 13.5. The number of H-pyrrole nitrogens is 1. The molecule has 0 aliphatic heterocycles. The number of hydrogen-bond acceptors (Lipinski definition) is 4. The Morgan fingerprint density at radius 1 is 1.18 bits per heavy atom. The average Bonchev–Trinajstić information content (AvgIpc) is 2.79. The zero-order valence-electron chi connectivity index (χ0n) is 15.0. The summed E-state index contributed by atoms with van der Waals surface area (Å²) in [7, 11) is 1.29. The second kappa shape index (κ2) is 8.54. The van der Waals surface area contributed by atoms with E-state index in [1.807, 2.05) is 30.3 Å². The van der Waals surface area contributed by atoms with Gasteiger partial charge in [-0.05, 0) is 29.8 Å². The zero-order valence-corrected chi connectivity index (χ0v) is 15.7. The van der Waals surface area contributed by atoms with Gasteiger partial charge in [-0.15, -0.1) is 0 Å². The molecule has 1 aromatic heterocycles. The Morgan fingerprint density at radius 3 is 2.64 bits per heavy atom. The van der Waals surface area contributed by atoms with Gasteiger partial charge in [0.15, 0.2) is 11.2 Å². The van der Waals surface area contributed by atoms with Crippen molar-refractivity contribution < 1.29 is 9.53 Å². The van der Waals surface area contributed by atoms with Crippen LogP contribution in [0.4, 0.5) is 0 Å². The van der Waals surface area contributed by atoms with Crippen LogP contribution in [0.1, 0.15) is 11.1 Å². The van der Waals surface area contributed by atoms with E-state index in [2.05, 4.69) is 10.3 Å². The number of aromatic nitrogens is 1. The second-order valence-corrected chi connectivity index (χ2v) is 6.39. The van der Waals surface area contributed by atoms with E-state index in [-0.39, 0.29) is 22.2 Å². The maximum absolute atomic E-state index is 12.9. The molecule has 0 bridgehead atoms. The molecule has 0 spiro atoms. The molecular weight excluding hydrogens is 380 g/mol. The molecule has 0 fully saturated rings. The van der Waals surface area contributed by atoms with Crippen molar-refractivity contribution >= 4 is 34.5 Å². The maximum Gasteiger partial charge on any atom is 0.291 e. The maximum atomic E-state index is 12.9. The summed E-state index contributed by atoms with van der Waals surface area (Å²) < 4.78 is 5.12. The van der Waals surface area contributed by atoms with Gasteiger partial charge in [0.2, 0.25) is 5.91 Å². The molecule has 1 amide bonds. The van der Waals surface area contributed by atoms with Crippen molar-refractivity contribution in [3.63, 3.8) is 0 Å². The van der Waals surface area contributed by atoms with Gasteiger partial charge in [-0.3, -0.25) is 14.4 Å². The highest BCUT2D eigenvalue weighted by Gasteiger charge is 2.12. The van der Waals surface area contributed by atoms with Crippen molar-refractivity contribution in [1.29, 1.82) is 0 Å². The smallest absolute Gasteiger partial charge is 0.291 e. The lowest BCUT2D eigenvalue weighted by Crippen LogP contribution is -2.20. The molecule has 0 radical (unpaired) electrons. The monoisotopic (exact) mass is 396 g/mol. The topological polar surface area (TPSA) is 88.3 Å². The lowest BCUT2D eigenvalue weighted by atomic mass is 10.1. The Labute approximate surface area is 165 Å². The molecule has 0 unspecified atom stereocenters. The lowest BCUT2D eigenvalue weighted by molar-refractivity contribution is -0.116. The number of carbonyl (C=O) groups is 1. The van der Waals surface area contributed by atoms with Gasteiger partial charge in [-0.2, -0.15) is 0 Å². The molecule has 3 aromatic rings. The molecule has 3 rings (SSSR count). The van der Waals surface area contributed by atoms with Crippen molar-refractivity contribution in [2.75, 3.05) is 7.11 Å². The molecule has 1 heterocycles. The van der Waals surface area contributed by atoms with Crippen molar-refractivity contribution in [1.82, 2.24) is 10.3 Å². The third-order valence-corrected chi connectivity index (χ3v) is 4.32. The number of aromatic amines is 1. The van der Waals surface area contributed by atoms with Gasteiger partial charge >= 0.3 is 0 Å². The van der Waals surface area contributed by atoms with Gasteiger partial charge in [-0.1, -0.05) is 41.9 Å². The highest BCUT2D eigenvalue weighted by molar-refractivity contribution is 6.31. The molecule has 0 atom stereocenters. The fourth-order valence-corrected chi connectivity index (χ4v) is 2.90. The third-order valence-electron chi connectivity index (χ3n) is 4.08. The number of hydrogen-bond donors (Lipinski definition) is 2. The SMILES string of the molecule is COc1c(C=CC(=O)NCc2ccccc2)c(=O)c2ccc(Cl)cc2[nH]c1=O. The Hall–Kier alpha value is -3.38. The minimum atomic E-state index is -0.596. The fraction of sp³-hybridized carbons (Fsp3) is 0.0952. The van der Waals surface area contributed by atoms with E-state index in [9.17, 15) is 14.4 Å². The highest BCUT2D eigenvalue weighted by atomic mass is 35.5. The molecule has 0 saturated carbocycles. The number of rotatable bonds is 5. The van der Waals surface area contributed by atoms with Crippen LogP contribution in [0, 0.1) is 0 Å². The van der Waals surface area contributed by atoms with Gasteiger partial charge in [0.25, 0.3) is 5.56 Å². The predicted octanol–water partition coefficient (Wildman–Crippen LogP) is 2.88. The quantitative estimate of drug-likeness (QED) is 0.649. The average molecular weight is 397 g/mol. The number of carbonyl (C=O) groups excluding carboxylic acids is 1. The summed E-state index contributed by atoms with van der Waals surface area (Å²) >= 11 is 5.95. The molecule has 6 nitrogen and oxygen atoms in total. The van der Waals surface area contributed by atoms with E-state index in [0.717, 1.165) is 5.56 Å². The Bertz CT molecular complexity index is 1170. The van der Waals surface area contributed by atoms with Gasteiger partial charge in [-0.25, -0.2) is 0 Å². The van der Waals surface area contributed by atoms with Crippen LogP contribution >= 0.6 is 11.6 Å². The van der Waals surface area contributed by atoms with Crippen LogP contribution in [0.3, 0.4) is 0 Å². The second-order valence-electron chi connectivity index (χ2n) is 5.96. The van der Waals surface area contributed by atoms with Crippen LogP contribution in [0.2, 0.25) is 5.02 Å². The molecular formula is C21H17ClN2O4. The molecule has 0 aliphatic carbocycles. The first kappa shape index (κ1) is 19.4. The summed E-state index contributed by atoms with van der Waals surface area (Å²) in [6.07, 6.45) is 2.48.